The van der Waals surface area contributed by atoms with Gasteiger partial charge in [-0.1, -0.05) is 144 Å². The molecule has 0 saturated heterocycles. The second-order valence-corrected chi connectivity index (χ2v) is 13.4. The van der Waals surface area contributed by atoms with Crippen LogP contribution in [0.2, 0.25) is 0 Å². The molecule has 1 atom stereocenters. The van der Waals surface area contributed by atoms with E-state index in [0.717, 1.165) is 12.8 Å². The molecule has 0 fully saturated rings. The van der Waals surface area contributed by atoms with Crippen molar-refractivity contribution >= 4 is 11.9 Å². The topological polar surface area (TPSA) is 74.6 Å². The van der Waals surface area contributed by atoms with E-state index in [2.05, 4.69) is 41.5 Å². The van der Waals surface area contributed by atoms with E-state index >= 15 is 0 Å². The van der Waals surface area contributed by atoms with Gasteiger partial charge in [-0.05, 0) is 36.0 Å². The van der Waals surface area contributed by atoms with E-state index in [1.165, 1.54) is 96.3 Å². The van der Waals surface area contributed by atoms with Gasteiger partial charge in [0.2, 0.25) is 0 Å². The quantitative estimate of drug-likeness (QED) is 0.115. The minimum atomic E-state index is -1.28. The molecule has 0 radical (unpaired) electrons. The Hall–Kier alpha value is -1.06. The van der Waals surface area contributed by atoms with Crippen molar-refractivity contribution in [3.05, 3.63) is 0 Å². The lowest BCUT2D eigenvalue weighted by atomic mass is 9.76. The van der Waals surface area contributed by atoms with Gasteiger partial charge in [0, 0.05) is 0 Å². The van der Waals surface area contributed by atoms with Gasteiger partial charge in [-0.25, -0.2) is 0 Å². The lowest BCUT2D eigenvalue weighted by molar-refractivity contribution is -0.158. The van der Waals surface area contributed by atoms with Crippen LogP contribution in [0.1, 0.15) is 164 Å². The van der Waals surface area contributed by atoms with Gasteiger partial charge in [0.05, 0.1) is 0 Å². The Morgan fingerprint density at radius 3 is 1.11 bits per heavy atom. The average molecular weight is 497 g/mol. The van der Waals surface area contributed by atoms with Crippen molar-refractivity contribution in [2.75, 3.05) is 0 Å². The third-order valence-electron chi connectivity index (χ3n) is 7.13. The first kappa shape index (κ1) is 33.9. The van der Waals surface area contributed by atoms with Crippen LogP contribution < -0.4 is 0 Å². The van der Waals surface area contributed by atoms with E-state index in [1.807, 2.05) is 0 Å². The molecule has 0 aliphatic rings. The normalized spacial score (nSPS) is 13.3. The van der Waals surface area contributed by atoms with Gasteiger partial charge in [0.15, 0.2) is 5.92 Å². The molecule has 0 aromatic rings. The number of carbonyl (C=O) groups is 2. The summed E-state index contributed by atoms with van der Waals surface area (Å²) in [6.45, 7) is 13.2. The molecule has 2 N–H and O–H groups in total. The van der Waals surface area contributed by atoms with E-state index in [4.69, 9.17) is 0 Å². The molecule has 0 aromatic heterocycles. The summed E-state index contributed by atoms with van der Waals surface area (Å²) in [6, 6.07) is 0. The molecule has 0 bridgehead atoms. The molecule has 35 heavy (non-hydrogen) atoms. The standard InChI is InChI=1S/C31H60O4/c1-30(2,3)24-22-20-18-16-14-12-10-8-7-9-11-13-15-17-19-21-23-26(25-31(4,5)6)27(28(32)33)29(34)35/h26-27H,7-25H2,1-6H3,(H,32,33)(H,34,35). The summed E-state index contributed by atoms with van der Waals surface area (Å²) in [5, 5.41) is 18.8. The molecule has 0 amide bonds. The van der Waals surface area contributed by atoms with Gasteiger partial charge in [-0.15, -0.1) is 0 Å². The Bertz CT molecular complexity index is 527. The molecule has 4 heteroatoms. The highest BCUT2D eigenvalue weighted by atomic mass is 16.4. The maximum absolute atomic E-state index is 11.5. The van der Waals surface area contributed by atoms with Crippen molar-refractivity contribution < 1.29 is 19.8 Å². The minimum absolute atomic E-state index is 0.0697. The molecular weight excluding hydrogens is 436 g/mol. The molecule has 0 aliphatic carbocycles. The van der Waals surface area contributed by atoms with Crippen LogP contribution >= 0.6 is 0 Å². The first-order chi connectivity index (χ1) is 16.3. The number of carboxylic acid groups (broad SMARTS) is 2. The molecular formula is C31H60O4. The largest absolute Gasteiger partial charge is 0.481 e. The molecule has 0 rings (SSSR count). The molecule has 1 unspecified atom stereocenters. The SMILES string of the molecule is CC(C)(C)CCCCCCCCCCCCCCCCCCC(CC(C)(C)C)C(C(=O)O)C(=O)O. The van der Waals surface area contributed by atoms with Crippen molar-refractivity contribution in [2.24, 2.45) is 22.7 Å². The zero-order chi connectivity index (χ0) is 26.7. The van der Waals surface area contributed by atoms with Crippen LogP contribution in [0.3, 0.4) is 0 Å². The van der Waals surface area contributed by atoms with Crippen LogP contribution in [0.25, 0.3) is 0 Å². The number of unbranched alkanes of at least 4 members (excludes halogenated alkanes) is 15. The van der Waals surface area contributed by atoms with E-state index in [1.54, 1.807) is 0 Å². The highest BCUT2D eigenvalue weighted by Gasteiger charge is 2.36. The highest BCUT2D eigenvalue weighted by Crippen LogP contribution is 2.33. The van der Waals surface area contributed by atoms with Crippen LogP contribution in [0.15, 0.2) is 0 Å². The summed E-state index contributed by atoms with van der Waals surface area (Å²) in [5.41, 5.74) is 0.423. The van der Waals surface area contributed by atoms with Crippen LogP contribution in [-0.2, 0) is 9.59 Å². The number of rotatable bonds is 22. The number of aliphatic carboxylic acids is 2. The lowest BCUT2D eigenvalue weighted by Gasteiger charge is -2.28. The first-order valence-electron chi connectivity index (χ1n) is 14.8. The predicted molar refractivity (Wildman–Crippen MR) is 149 cm³/mol. The summed E-state index contributed by atoms with van der Waals surface area (Å²) < 4.78 is 0. The van der Waals surface area contributed by atoms with Crippen molar-refractivity contribution in [2.45, 2.75) is 164 Å². The van der Waals surface area contributed by atoms with Crippen molar-refractivity contribution in [1.29, 1.82) is 0 Å². The van der Waals surface area contributed by atoms with Gasteiger partial charge < -0.3 is 10.2 Å². The Kier molecular flexibility index (Phi) is 18.5. The fourth-order valence-electron chi connectivity index (χ4n) is 5.22. The van der Waals surface area contributed by atoms with Gasteiger partial charge in [0.25, 0.3) is 0 Å². The summed E-state index contributed by atoms with van der Waals surface area (Å²) in [6.07, 6.45) is 23.6. The third-order valence-corrected chi connectivity index (χ3v) is 7.13. The van der Waals surface area contributed by atoms with Gasteiger partial charge >= 0.3 is 11.9 Å². The zero-order valence-electron chi connectivity index (χ0n) is 24.3. The third kappa shape index (κ3) is 21.9. The van der Waals surface area contributed by atoms with E-state index in [0.29, 0.717) is 18.3 Å². The number of hydrogen-bond acceptors (Lipinski definition) is 2. The first-order valence-corrected chi connectivity index (χ1v) is 14.8. The van der Waals surface area contributed by atoms with Crippen LogP contribution in [0.4, 0.5) is 0 Å². The summed E-state index contributed by atoms with van der Waals surface area (Å²) in [7, 11) is 0. The van der Waals surface area contributed by atoms with Crippen molar-refractivity contribution in [3.8, 4) is 0 Å². The minimum Gasteiger partial charge on any atom is -0.481 e. The summed E-state index contributed by atoms with van der Waals surface area (Å²) >= 11 is 0. The van der Waals surface area contributed by atoms with E-state index < -0.39 is 17.9 Å². The Labute approximate surface area is 218 Å². The van der Waals surface area contributed by atoms with Crippen LogP contribution in [0, 0.1) is 22.7 Å². The molecule has 0 heterocycles. The lowest BCUT2D eigenvalue weighted by Crippen LogP contribution is -2.33. The Balaban J connectivity index is 3.67. The van der Waals surface area contributed by atoms with Gasteiger partial charge in [-0.3, -0.25) is 9.59 Å². The second kappa shape index (κ2) is 19.1. The molecule has 0 aliphatic heterocycles. The molecule has 0 spiro atoms. The predicted octanol–water partition coefficient (Wildman–Crippen LogP) is 9.89. The van der Waals surface area contributed by atoms with Crippen LogP contribution in [0.5, 0.6) is 0 Å². The highest BCUT2D eigenvalue weighted by molar-refractivity contribution is 5.93. The van der Waals surface area contributed by atoms with Gasteiger partial charge in [0.1, 0.15) is 0 Å². The number of carboxylic acids is 2. The molecule has 0 saturated carbocycles. The monoisotopic (exact) mass is 496 g/mol. The molecule has 208 valence electrons. The maximum Gasteiger partial charge on any atom is 0.318 e. The Morgan fingerprint density at radius 1 is 0.514 bits per heavy atom. The number of hydrogen-bond donors (Lipinski definition) is 2. The molecule has 0 aromatic carbocycles. The van der Waals surface area contributed by atoms with E-state index in [-0.39, 0.29) is 11.3 Å². The second-order valence-electron chi connectivity index (χ2n) is 13.4. The van der Waals surface area contributed by atoms with E-state index in [9.17, 15) is 19.8 Å². The molecule has 4 nitrogen and oxygen atoms in total. The van der Waals surface area contributed by atoms with Crippen molar-refractivity contribution in [3.63, 3.8) is 0 Å². The fraction of sp³-hybridized carbons (Fsp3) is 0.935. The van der Waals surface area contributed by atoms with Crippen LogP contribution in [-0.4, -0.2) is 22.2 Å². The summed E-state index contributed by atoms with van der Waals surface area (Å²) in [4.78, 5) is 23.0. The maximum atomic E-state index is 11.5. The average Bonchev–Trinajstić information content (AvgIpc) is 2.70. The van der Waals surface area contributed by atoms with Gasteiger partial charge in [-0.2, -0.15) is 0 Å². The smallest absolute Gasteiger partial charge is 0.318 e. The van der Waals surface area contributed by atoms with Crippen molar-refractivity contribution in [1.82, 2.24) is 0 Å². The summed E-state index contributed by atoms with van der Waals surface area (Å²) in [5.74, 6) is -3.97. The fourth-order valence-corrected chi connectivity index (χ4v) is 5.22. The zero-order valence-corrected chi connectivity index (χ0v) is 24.3. The Morgan fingerprint density at radius 2 is 0.829 bits per heavy atom.